The number of aliphatic hydroxyl groups excluding tert-OH is 1. The predicted molar refractivity (Wildman–Crippen MR) is 135 cm³/mol. The van der Waals surface area contributed by atoms with Gasteiger partial charge in [-0.3, -0.25) is 9.78 Å². The number of hydrogen-bond acceptors (Lipinski definition) is 3. The van der Waals surface area contributed by atoms with Gasteiger partial charge >= 0.3 is 0 Å². The number of carbonyl (C=O) groups is 1. The van der Waals surface area contributed by atoms with E-state index < -0.39 is 0 Å². The number of hydrogen-bond donors (Lipinski definition) is 1. The zero-order valence-corrected chi connectivity index (χ0v) is 23.2. The summed E-state index contributed by atoms with van der Waals surface area (Å²) < 4.78 is 0. The summed E-state index contributed by atoms with van der Waals surface area (Å²) in [6.07, 6.45) is 1.11. The fraction of sp³-hybridized carbons (Fsp3) is 0.379. The number of fused-ring (bicyclic) bond motifs is 1. The molecule has 1 radical (unpaired) electrons. The minimum absolute atomic E-state index is 0. The molecule has 1 aromatic heterocycles. The van der Waals surface area contributed by atoms with Crippen molar-refractivity contribution >= 4 is 16.7 Å². The first-order valence-corrected chi connectivity index (χ1v) is 11.4. The van der Waals surface area contributed by atoms with Crippen molar-refractivity contribution in [1.82, 2.24) is 4.98 Å². The Labute approximate surface area is 212 Å². The van der Waals surface area contributed by atoms with Crippen molar-refractivity contribution in [3.05, 3.63) is 77.1 Å². The number of rotatable bonds is 6. The van der Waals surface area contributed by atoms with Crippen molar-refractivity contribution in [2.75, 3.05) is 0 Å². The second kappa shape index (κ2) is 13.4. The molecule has 0 amide bonds. The number of Topliss-reactive ketones (excluding diaryl/α,β-unsaturated/α-hetero) is 1. The molecule has 0 aliphatic carbocycles. The summed E-state index contributed by atoms with van der Waals surface area (Å²) in [4.78, 5) is 16.3. The molecule has 0 spiro atoms. The van der Waals surface area contributed by atoms with Crippen LogP contribution in [0.1, 0.15) is 58.6 Å². The van der Waals surface area contributed by atoms with Gasteiger partial charge in [0.25, 0.3) is 0 Å². The van der Waals surface area contributed by atoms with Crippen molar-refractivity contribution in [2.45, 2.75) is 61.3 Å². The van der Waals surface area contributed by atoms with Gasteiger partial charge in [-0.15, -0.1) is 34.9 Å². The smallest absolute Gasteiger partial charge is 0.162 e. The maximum Gasteiger partial charge on any atom is 0.162 e. The van der Waals surface area contributed by atoms with E-state index in [4.69, 9.17) is 4.98 Å². The fourth-order valence-electron chi connectivity index (χ4n) is 3.47. The monoisotopic (exact) mass is 623 g/mol. The Morgan fingerprint density at radius 3 is 2.21 bits per heavy atom. The molecule has 1 heterocycles. The third-order valence-electron chi connectivity index (χ3n) is 5.07. The van der Waals surface area contributed by atoms with E-state index in [1.165, 1.54) is 10.9 Å². The molecule has 1 N–H and O–H groups in total. The second-order valence-electron chi connectivity index (χ2n) is 9.33. The van der Waals surface area contributed by atoms with Gasteiger partial charge in [0.15, 0.2) is 5.78 Å². The molecule has 0 aliphatic heterocycles. The summed E-state index contributed by atoms with van der Waals surface area (Å²) >= 11 is 0. The number of benzene rings is 2. The molecule has 3 nitrogen and oxygen atoms in total. The third-order valence-corrected chi connectivity index (χ3v) is 5.07. The molecule has 4 heteroatoms. The molecule has 0 saturated carbocycles. The van der Waals surface area contributed by atoms with E-state index >= 15 is 0 Å². The van der Waals surface area contributed by atoms with Crippen LogP contribution in [0.15, 0.2) is 59.9 Å². The number of aliphatic hydroxyl groups is 1. The molecule has 179 valence electrons. The van der Waals surface area contributed by atoms with Gasteiger partial charge in [0.2, 0.25) is 0 Å². The summed E-state index contributed by atoms with van der Waals surface area (Å²) in [5, 5.41) is 10.8. The van der Waals surface area contributed by atoms with Crippen molar-refractivity contribution in [2.24, 2.45) is 11.8 Å². The van der Waals surface area contributed by atoms with E-state index in [9.17, 15) is 9.90 Å². The first-order chi connectivity index (χ1) is 15.1. The summed E-state index contributed by atoms with van der Waals surface area (Å²) in [6.45, 7) is 13.9. The Balaban J connectivity index is 0.000000333. The van der Waals surface area contributed by atoms with Gasteiger partial charge in [0.05, 0.1) is 11.3 Å². The number of para-hydroxylation sites is 1. The minimum Gasteiger partial charge on any atom is -0.512 e. The average molecular weight is 623 g/mol. The molecule has 33 heavy (non-hydrogen) atoms. The summed E-state index contributed by atoms with van der Waals surface area (Å²) in [7, 11) is 0. The molecule has 3 aromatic rings. The van der Waals surface area contributed by atoms with Gasteiger partial charge in [-0.2, -0.15) is 0 Å². The Bertz CT molecular complexity index is 1080. The van der Waals surface area contributed by atoms with E-state index in [0.29, 0.717) is 30.3 Å². The van der Waals surface area contributed by atoms with Crippen LogP contribution in [-0.2, 0) is 24.9 Å². The van der Waals surface area contributed by atoms with Gasteiger partial charge in [-0.25, -0.2) is 0 Å². The summed E-state index contributed by atoms with van der Waals surface area (Å²) in [5.74, 6) is 1.06. The Hall–Kier alpha value is -2.29. The molecule has 0 atom stereocenters. The van der Waals surface area contributed by atoms with Crippen molar-refractivity contribution in [3.63, 3.8) is 0 Å². The maximum atomic E-state index is 11.6. The average Bonchev–Trinajstić information content (AvgIpc) is 2.71. The molecule has 0 fully saturated rings. The van der Waals surface area contributed by atoms with Gasteiger partial charge in [0, 0.05) is 38.5 Å². The van der Waals surface area contributed by atoms with E-state index in [0.717, 1.165) is 22.3 Å². The number of pyridine rings is 1. The predicted octanol–water partition coefficient (Wildman–Crippen LogP) is 7.80. The summed E-state index contributed by atoms with van der Waals surface area (Å²) in [6, 6.07) is 20.0. The normalized spacial score (nSPS) is 11.5. The number of ketones is 1. The van der Waals surface area contributed by atoms with Crippen LogP contribution in [0.3, 0.4) is 0 Å². The molecule has 2 aromatic carbocycles. The number of nitrogens with zero attached hydrogens (tertiary/aromatic N) is 1. The number of aryl methyl sites for hydroxylation is 2. The van der Waals surface area contributed by atoms with Crippen LogP contribution in [0.25, 0.3) is 22.2 Å². The molecule has 3 rings (SSSR count). The van der Waals surface area contributed by atoms with Crippen molar-refractivity contribution in [1.29, 1.82) is 0 Å². The molecular formula is C29H36IrNO2-. The third kappa shape index (κ3) is 9.23. The zero-order chi connectivity index (χ0) is 23.8. The van der Waals surface area contributed by atoms with E-state index in [1.54, 1.807) is 6.92 Å². The van der Waals surface area contributed by atoms with E-state index in [1.807, 2.05) is 45.9 Å². The maximum absolute atomic E-state index is 11.6. The van der Waals surface area contributed by atoms with Crippen LogP contribution >= 0.6 is 0 Å². The number of aromatic nitrogens is 1. The summed E-state index contributed by atoms with van der Waals surface area (Å²) in [5.41, 5.74) is 6.02. The fourth-order valence-corrected chi connectivity index (χ4v) is 3.47. The number of carbonyl (C=O) groups excluding carboxylic acids is 1. The zero-order valence-electron chi connectivity index (χ0n) is 20.8. The van der Waals surface area contributed by atoms with Gasteiger partial charge < -0.3 is 5.11 Å². The van der Waals surface area contributed by atoms with Gasteiger partial charge in [-0.05, 0) is 35.9 Å². The van der Waals surface area contributed by atoms with Crippen molar-refractivity contribution < 1.29 is 30.0 Å². The molecule has 0 bridgehead atoms. The van der Waals surface area contributed by atoms with Crippen LogP contribution in [0, 0.1) is 31.7 Å². The van der Waals surface area contributed by atoms with Crippen LogP contribution in [0.4, 0.5) is 0 Å². The van der Waals surface area contributed by atoms with Crippen LogP contribution in [0.2, 0.25) is 0 Å². The van der Waals surface area contributed by atoms with E-state index in [-0.39, 0.29) is 31.6 Å². The molecule has 0 aliphatic rings. The minimum atomic E-state index is 0. The first-order valence-electron chi connectivity index (χ1n) is 11.4. The number of allylic oxidation sites excluding steroid dienone is 2. The Morgan fingerprint density at radius 1 is 0.970 bits per heavy atom. The first kappa shape index (κ1) is 28.7. The van der Waals surface area contributed by atoms with Crippen LogP contribution < -0.4 is 0 Å². The van der Waals surface area contributed by atoms with Crippen molar-refractivity contribution in [3.8, 4) is 11.3 Å². The van der Waals surface area contributed by atoms with E-state index in [2.05, 4.69) is 50.2 Å². The Kier molecular flexibility index (Phi) is 11.7. The van der Waals surface area contributed by atoms with Gasteiger partial charge in [0.1, 0.15) is 0 Å². The van der Waals surface area contributed by atoms with Crippen LogP contribution in [-0.4, -0.2) is 15.9 Å². The molecule has 0 saturated heterocycles. The van der Waals surface area contributed by atoms with Gasteiger partial charge in [-0.1, -0.05) is 71.9 Å². The standard InChI is InChI=1S/C17H14N.C12H22O2.Ir/c1-12-9-13(2)11-15(10-12)17-8-7-14-5-3-4-6-16(14)18-17;1-8(2)6-11(13)10(5)12(14)7-9(3)4;/h3-10H,1-2H3;8-9,13H,6-7H2,1-5H3;/q-1;;. The second-order valence-corrected chi connectivity index (χ2v) is 9.33. The largest absolute Gasteiger partial charge is 0.512 e. The molecule has 0 unspecified atom stereocenters. The van der Waals surface area contributed by atoms with Crippen LogP contribution in [0.5, 0.6) is 0 Å². The SMILES string of the molecule is CC(C(=O)CC(C)C)=C(O)CC(C)C.Cc1[c-]c(-c2ccc3ccccc3n2)cc(C)c1.[Ir]. The topological polar surface area (TPSA) is 50.2 Å². The quantitative estimate of drug-likeness (QED) is 0.173. The Morgan fingerprint density at radius 2 is 1.61 bits per heavy atom. The molecular weight excluding hydrogens is 587 g/mol.